The minimum atomic E-state index is -0.349. The highest BCUT2D eigenvalue weighted by atomic mass is 16.6. The number of epoxide rings is 1. The third-order valence-electron chi connectivity index (χ3n) is 4.84. The van der Waals surface area contributed by atoms with E-state index < -0.39 is 0 Å². The summed E-state index contributed by atoms with van der Waals surface area (Å²) in [5.41, 5.74) is -0.358. The molecule has 6 heteroatoms. The van der Waals surface area contributed by atoms with Crippen molar-refractivity contribution in [3.8, 4) is 5.69 Å². The van der Waals surface area contributed by atoms with Crippen LogP contribution in [0.3, 0.4) is 0 Å². The summed E-state index contributed by atoms with van der Waals surface area (Å²) >= 11 is 0. The Morgan fingerprint density at radius 1 is 1.05 bits per heavy atom. The summed E-state index contributed by atoms with van der Waals surface area (Å²) in [4.78, 5) is 25.5. The third kappa shape index (κ3) is 1.14. The van der Waals surface area contributed by atoms with E-state index in [0.717, 1.165) is 0 Å². The summed E-state index contributed by atoms with van der Waals surface area (Å²) in [7, 11) is 0. The van der Waals surface area contributed by atoms with Crippen LogP contribution in [0.25, 0.3) is 5.69 Å². The van der Waals surface area contributed by atoms with Gasteiger partial charge in [-0.15, -0.1) is 0 Å². The zero-order valence-corrected chi connectivity index (χ0v) is 11.3. The molecule has 0 saturated carbocycles. The molecule has 1 aromatic carbocycles. The number of hydrogen-bond donors (Lipinski definition) is 0. The Kier molecular flexibility index (Phi) is 1.77. The predicted octanol–water partition coefficient (Wildman–Crippen LogP) is 0.624. The summed E-state index contributed by atoms with van der Waals surface area (Å²) in [6.07, 6.45) is 3.95. The average molecular weight is 283 g/mol. The van der Waals surface area contributed by atoms with E-state index in [1.165, 1.54) is 4.57 Å². The van der Waals surface area contributed by atoms with Crippen LogP contribution in [0.1, 0.15) is 19.0 Å². The lowest BCUT2D eigenvalue weighted by atomic mass is 9.86. The summed E-state index contributed by atoms with van der Waals surface area (Å²) in [6.45, 7) is 2.00. The second-order valence-corrected chi connectivity index (χ2v) is 5.97. The first-order valence-electron chi connectivity index (χ1n) is 7.00. The lowest BCUT2D eigenvalue weighted by Gasteiger charge is -2.33. The molecule has 1 saturated heterocycles. The molecule has 1 fully saturated rings. The maximum atomic E-state index is 12.7. The Hall–Kier alpha value is -2.34. The van der Waals surface area contributed by atoms with Crippen molar-refractivity contribution < 1.29 is 4.74 Å². The lowest BCUT2D eigenvalue weighted by molar-refractivity contribution is 0.230. The SMILES string of the molecule is CC12OC1C1C=CC2n2c(=O)n(-c3ccccc3)c(=O)n21. The monoisotopic (exact) mass is 283 g/mol. The standard InChI is InChI=1S/C15H13N3O3/c1-15-11-8-7-10(12(15)21-15)17-13(19)16(14(20)18(11)17)9-5-3-2-4-6-9/h2-8,10-12H,1H3. The minimum Gasteiger partial charge on any atom is -0.361 e. The topological polar surface area (TPSA) is 61.5 Å². The summed E-state index contributed by atoms with van der Waals surface area (Å²) < 4.78 is 10.1. The molecule has 0 radical (unpaired) electrons. The van der Waals surface area contributed by atoms with Gasteiger partial charge in [0.1, 0.15) is 23.8 Å². The highest BCUT2D eigenvalue weighted by Gasteiger charge is 2.67. The molecule has 6 nitrogen and oxygen atoms in total. The quantitative estimate of drug-likeness (QED) is 0.569. The first-order valence-corrected chi connectivity index (χ1v) is 7.00. The zero-order chi connectivity index (χ0) is 14.4. The molecule has 21 heavy (non-hydrogen) atoms. The van der Waals surface area contributed by atoms with Gasteiger partial charge in [-0.3, -0.25) is 0 Å². The van der Waals surface area contributed by atoms with Crippen molar-refractivity contribution in [1.82, 2.24) is 13.9 Å². The van der Waals surface area contributed by atoms with Crippen molar-refractivity contribution in [1.29, 1.82) is 0 Å². The Morgan fingerprint density at radius 3 is 2.52 bits per heavy atom. The van der Waals surface area contributed by atoms with Crippen molar-refractivity contribution in [3.63, 3.8) is 0 Å². The smallest absolute Gasteiger partial charge is 0.352 e. The first-order chi connectivity index (χ1) is 10.1. The molecular weight excluding hydrogens is 270 g/mol. The number of nitrogens with zero attached hydrogens (tertiary/aromatic N) is 3. The van der Waals surface area contributed by atoms with E-state index in [9.17, 15) is 9.59 Å². The van der Waals surface area contributed by atoms with E-state index in [0.29, 0.717) is 5.69 Å². The van der Waals surface area contributed by atoms with Gasteiger partial charge in [-0.1, -0.05) is 30.4 Å². The number of para-hydroxylation sites is 1. The molecule has 0 spiro atoms. The molecule has 0 N–H and O–H groups in total. The maximum absolute atomic E-state index is 12.7. The van der Waals surface area contributed by atoms with Crippen LogP contribution >= 0.6 is 0 Å². The number of rotatable bonds is 1. The molecule has 1 aromatic heterocycles. The van der Waals surface area contributed by atoms with Crippen LogP contribution in [0.5, 0.6) is 0 Å². The lowest BCUT2D eigenvalue weighted by Crippen LogP contribution is -2.48. The van der Waals surface area contributed by atoms with Gasteiger partial charge in [0.25, 0.3) is 0 Å². The molecule has 0 amide bonds. The van der Waals surface area contributed by atoms with Crippen LogP contribution in [0, 0.1) is 0 Å². The van der Waals surface area contributed by atoms with Gasteiger partial charge in [0.05, 0.1) is 5.69 Å². The van der Waals surface area contributed by atoms with Crippen molar-refractivity contribution in [2.45, 2.75) is 30.7 Å². The van der Waals surface area contributed by atoms with E-state index >= 15 is 0 Å². The first kappa shape index (κ1) is 11.3. The van der Waals surface area contributed by atoms with Crippen LogP contribution < -0.4 is 11.4 Å². The third-order valence-corrected chi connectivity index (χ3v) is 4.84. The molecule has 4 aliphatic rings. The molecule has 4 unspecified atom stereocenters. The molecule has 2 aromatic rings. The summed E-state index contributed by atoms with van der Waals surface area (Å²) in [5, 5.41) is 0. The molecule has 4 atom stereocenters. The van der Waals surface area contributed by atoms with E-state index in [1.807, 2.05) is 37.3 Å². The molecule has 1 aliphatic carbocycles. The van der Waals surface area contributed by atoms with E-state index in [2.05, 4.69) is 0 Å². The summed E-state index contributed by atoms with van der Waals surface area (Å²) in [6, 6.07) is 8.63. The van der Waals surface area contributed by atoms with Crippen molar-refractivity contribution >= 4 is 0 Å². The Balaban J connectivity index is 1.84. The van der Waals surface area contributed by atoms with Crippen LogP contribution in [0.15, 0.2) is 52.1 Å². The van der Waals surface area contributed by atoms with Crippen LogP contribution in [-0.2, 0) is 4.74 Å². The highest BCUT2D eigenvalue weighted by molar-refractivity contribution is 5.33. The predicted molar refractivity (Wildman–Crippen MR) is 74.8 cm³/mol. The van der Waals surface area contributed by atoms with Crippen molar-refractivity contribution in [2.75, 3.05) is 0 Å². The zero-order valence-electron chi connectivity index (χ0n) is 11.3. The fourth-order valence-corrected chi connectivity index (χ4v) is 3.72. The van der Waals surface area contributed by atoms with Gasteiger partial charge in [0.15, 0.2) is 0 Å². The molecule has 6 rings (SSSR count). The van der Waals surface area contributed by atoms with Gasteiger partial charge >= 0.3 is 11.4 Å². The van der Waals surface area contributed by atoms with Crippen LogP contribution in [0.4, 0.5) is 0 Å². The molecule has 2 bridgehead atoms. The van der Waals surface area contributed by atoms with Crippen LogP contribution in [-0.4, -0.2) is 25.6 Å². The molecule has 106 valence electrons. The minimum absolute atomic E-state index is 0.00350. The van der Waals surface area contributed by atoms with Gasteiger partial charge in [-0.2, -0.15) is 0 Å². The second-order valence-electron chi connectivity index (χ2n) is 5.97. The van der Waals surface area contributed by atoms with Gasteiger partial charge in [0, 0.05) is 0 Å². The van der Waals surface area contributed by atoms with Crippen molar-refractivity contribution in [2.24, 2.45) is 0 Å². The molecule has 4 heterocycles. The van der Waals surface area contributed by atoms with Crippen LogP contribution in [0.2, 0.25) is 0 Å². The highest BCUT2D eigenvalue weighted by Crippen LogP contribution is 2.56. The molecular formula is C15H13N3O3. The number of aromatic nitrogens is 3. The average Bonchev–Trinajstić information content (AvgIpc) is 3.16. The Morgan fingerprint density at radius 2 is 1.76 bits per heavy atom. The molecule has 3 aliphatic heterocycles. The van der Waals surface area contributed by atoms with E-state index in [4.69, 9.17) is 4.74 Å². The van der Waals surface area contributed by atoms with Gasteiger partial charge < -0.3 is 4.74 Å². The van der Waals surface area contributed by atoms with Gasteiger partial charge in [0.2, 0.25) is 0 Å². The second kappa shape index (κ2) is 3.28. The Labute approximate surface area is 119 Å². The number of ether oxygens (including phenoxy) is 1. The van der Waals surface area contributed by atoms with E-state index in [-0.39, 0.29) is 35.2 Å². The fourth-order valence-electron chi connectivity index (χ4n) is 3.72. The fraction of sp³-hybridized carbons (Fsp3) is 0.333. The number of hydrogen-bond acceptors (Lipinski definition) is 3. The van der Waals surface area contributed by atoms with Crippen molar-refractivity contribution in [3.05, 3.63) is 63.5 Å². The normalized spacial score (nSPS) is 34.6. The maximum Gasteiger partial charge on any atom is 0.352 e. The Bertz CT molecular complexity index is 904. The summed E-state index contributed by atoms with van der Waals surface area (Å²) in [5.74, 6) is 0. The van der Waals surface area contributed by atoms with Gasteiger partial charge in [-0.05, 0) is 19.1 Å². The van der Waals surface area contributed by atoms with Gasteiger partial charge in [-0.25, -0.2) is 23.5 Å². The van der Waals surface area contributed by atoms with E-state index in [1.54, 1.807) is 21.5 Å². The number of benzene rings is 1. The largest absolute Gasteiger partial charge is 0.361 e.